The Hall–Kier alpha value is -1.56. The summed E-state index contributed by atoms with van der Waals surface area (Å²) in [6.07, 6.45) is 22.5. The van der Waals surface area contributed by atoms with Crippen LogP contribution in [0.4, 0.5) is 0 Å². The lowest BCUT2D eigenvalue weighted by molar-refractivity contribution is 0.282. The average Bonchev–Trinajstić information content (AvgIpc) is 3.10. The second-order valence-corrected chi connectivity index (χ2v) is 9.36. The number of ether oxygens (including phenoxy) is 1. The molecule has 6 heteroatoms. The van der Waals surface area contributed by atoms with Crippen molar-refractivity contribution in [2.45, 2.75) is 102 Å². The van der Waals surface area contributed by atoms with E-state index < -0.39 is 0 Å². The van der Waals surface area contributed by atoms with Gasteiger partial charge in [-0.05, 0) is 6.42 Å². The maximum atomic E-state index is 6.04. The lowest BCUT2D eigenvalue weighted by Gasteiger charge is -2.06. The van der Waals surface area contributed by atoms with E-state index in [1.807, 2.05) is 13.1 Å². The van der Waals surface area contributed by atoms with Crippen molar-refractivity contribution < 1.29 is 4.74 Å². The molecule has 5 nitrogen and oxygen atoms in total. The van der Waals surface area contributed by atoms with Gasteiger partial charge < -0.3 is 4.74 Å². The van der Waals surface area contributed by atoms with Gasteiger partial charge >= 0.3 is 0 Å². The van der Waals surface area contributed by atoms with Crippen molar-refractivity contribution >= 4 is 22.8 Å². The summed E-state index contributed by atoms with van der Waals surface area (Å²) in [4.78, 5) is 8.75. The van der Waals surface area contributed by atoms with Gasteiger partial charge in [0.05, 0.1) is 6.61 Å². The van der Waals surface area contributed by atoms with Crippen LogP contribution in [-0.4, -0.2) is 32.1 Å². The van der Waals surface area contributed by atoms with E-state index in [0.717, 1.165) is 34.1 Å². The van der Waals surface area contributed by atoms with E-state index in [1.165, 1.54) is 83.5 Å². The highest BCUT2D eigenvalue weighted by atomic mass is 32.2. The van der Waals surface area contributed by atoms with Crippen molar-refractivity contribution in [2.75, 3.05) is 12.4 Å². The molecule has 2 rings (SSSR count). The van der Waals surface area contributed by atoms with Crippen LogP contribution in [0.2, 0.25) is 0 Å². The third-order valence-corrected chi connectivity index (χ3v) is 6.58. The highest BCUT2D eigenvalue weighted by molar-refractivity contribution is 7.99. The molecule has 0 unspecified atom stereocenters. The number of nitrogens with zero attached hydrogens (tertiary/aromatic N) is 4. The third-order valence-electron chi connectivity index (χ3n) is 5.61. The number of aryl methyl sites for hydroxylation is 1. The molecule has 174 valence electrons. The first-order chi connectivity index (χ1) is 15.3. The highest BCUT2D eigenvalue weighted by Gasteiger charge is 2.15. The number of unbranched alkanes of at least 4 members (excludes halogenated alkanes) is 13. The lowest BCUT2D eigenvalue weighted by atomic mass is 10.0. The minimum atomic E-state index is 0.714. The van der Waals surface area contributed by atoms with Crippen molar-refractivity contribution in [2.24, 2.45) is 7.05 Å². The molecular weight excluding hydrogens is 404 g/mol. The van der Waals surface area contributed by atoms with Gasteiger partial charge in [-0.25, -0.2) is 14.6 Å². The van der Waals surface area contributed by atoms with Gasteiger partial charge in [0.2, 0.25) is 5.88 Å². The summed E-state index contributed by atoms with van der Waals surface area (Å²) >= 11 is 1.62. The molecule has 2 heterocycles. The van der Waals surface area contributed by atoms with Crippen LogP contribution in [-0.2, 0) is 7.05 Å². The van der Waals surface area contributed by atoms with Crippen molar-refractivity contribution in [1.82, 2.24) is 19.7 Å². The fourth-order valence-corrected chi connectivity index (χ4v) is 4.50. The van der Waals surface area contributed by atoms with Gasteiger partial charge in [-0.15, -0.1) is 6.58 Å². The Morgan fingerprint density at radius 1 is 0.871 bits per heavy atom. The van der Waals surface area contributed by atoms with E-state index in [0.29, 0.717) is 6.61 Å². The van der Waals surface area contributed by atoms with Gasteiger partial charge in [0.25, 0.3) is 0 Å². The van der Waals surface area contributed by atoms with E-state index in [2.05, 4.69) is 28.6 Å². The van der Waals surface area contributed by atoms with Gasteiger partial charge in [-0.1, -0.05) is 108 Å². The van der Waals surface area contributed by atoms with Crippen molar-refractivity contribution in [3.05, 3.63) is 19.0 Å². The van der Waals surface area contributed by atoms with E-state index in [9.17, 15) is 0 Å². The summed E-state index contributed by atoms with van der Waals surface area (Å²) in [7, 11) is 1.91. The molecule has 0 aromatic carbocycles. The zero-order valence-electron chi connectivity index (χ0n) is 19.8. The fourth-order valence-electron chi connectivity index (χ4n) is 3.83. The minimum absolute atomic E-state index is 0.714. The first-order valence-corrected chi connectivity index (χ1v) is 13.3. The zero-order chi connectivity index (χ0) is 22.2. The summed E-state index contributed by atoms with van der Waals surface area (Å²) in [5.74, 6) is 1.55. The van der Waals surface area contributed by atoms with E-state index in [-0.39, 0.29) is 0 Å². The first kappa shape index (κ1) is 25.7. The molecule has 0 atom stereocenters. The van der Waals surface area contributed by atoms with Gasteiger partial charge in [0.1, 0.15) is 16.9 Å². The van der Waals surface area contributed by atoms with Gasteiger partial charge in [0, 0.05) is 12.8 Å². The van der Waals surface area contributed by atoms with Crippen molar-refractivity contribution in [1.29, 1.82) is 0 Å². The number of hydrogen-bond acceptors (Lipinski definition) is 5. The van der Waals surface area contributed by atoms with Crippen LogP contribution in [0.5, 0.6) is 5.88 Å². The van der Waals surface area contributed by atoms with E-state index >= 15 is 0 Å². The smallest absolute Gasteiger partial charge is 0.239 e. The number of aromatic nitrogens is 4. The Balaban J connectivity index is 1.53. The Morgan fingerprint density at radius 2 is 1.45 bits per heavy atom. The van der Waals surface area contributed by atoms with Crippen molar-refractivity contribution in [3.63, 3.8) is 0 Å². The van der Waals surface area contributed by atoms with Crippen LogP contribution in [0.15, 0.2) is 24.0 Å². The monoisotopic (exact) mass is 446 g/mol. The normalized spacial score (nSPS) is 11.3. The molecule has 0 bridgehead atoms. The maximum Gasteiger partial charge on any atom is 0.239 e. The summed E-state index contributed by atoms with van der Waals surface area (Å²) < 4.78 is 7.82. The SMILES string of the molecule is C=CCSc1ncnc2c(OCCCCCCCCCCCCCCCC)n(C)nc12. The highest BCUT2D eigenvalue weighted by Crippen LogP contribution is 2.29. The van der Waals surface area contributed by atoms with Gasteiger partial charge in [-0.3, -0.25) is 0 Å². The van der Waals surface area contributed by atoms with E-state index in [4.69, 9.17) is 4.74 Å². The molecule has 0 radical (unpaired) electrons. The minimum Gasteiger partial charge on any atom is -0.476 e. The summed E-state index contributed by atoms with van der Waals surface area (Å²) in [6, 6.07) is 0. The molecule has 2 aromatic rings. The molecule has 2 aromatic heterocycles. The molecule has 0 aliphatic heterocycles. The largest absolute Gasteiger partial charge is 0.476 e. The van der Waals surface area contributed by atoms with Gasteiger partial charge in [-0.2, -0.15) is 5.10 Å². The summed E-state index contributed by atoms with van der Waals surface area (Å²) in [6.45, 7) is 6.77. The summed E-state index contributed by atoms with van der Waals surface area (Å²) in [5.41, 5.74) is 1.61. The number of fused-ring (bicyclic) bond motifs is 1. The van der Waals surface area contributed by atoms with Crippen LogP contribution >= 0.6 is 11.8 Å². The molecule has 0 saturated heterocycles. The molecule has 0 spiro atoms. The summed E-state index contributed by atoms with van der Waals surface area (Å²) in [5, 5.41) is 5.45. The second-order valence-electron chi connectivity index (χ2n) is 8.35. The average molecular weight is 447 g/mol. The standard InChI is InChI=1S/C25H42N4OS/c1-4-6-7-8-9-10-11-12-13-14-15-16-17-18-19-30-25-23-22(28-29(25)3)24(27-21-26-23)31-20-5-2/h5,21H,2,4,6-20H2,1,3H3. The van der Waals surface area contributed by atoms with Crippen LogP contribution in [0.3, 0.4) is 0 Å². The number of hydrogen-bond donors (Lipinski definition) is 0. The quantitative estimate of drug-likeness (QED) is 0.0967. The van der Waals surface area contributed by atoms with Gasteiger partial charge in [0.15, 0.2) is 5.52 Å². The fraction of sp³-hybridized carbons (Fsp3) is 0.720. The zero-order valence-corrected chi connectivity index (χ0v) is 20.6. The molecule has 0 aliphatic carbocycles. The molecule has 31 heavy (non-hydrogen) atoms. The molecule has 0 fully saturated rings. The Kier molecular flexibility index (Phi) is 13.4. The van der Waals surface area contributed by atoms with Crippen LogP contribution < -0.4 is 4.74 Å². The molecule has 0 saturated carbocycles. The Bertz CT molecular complexity index is 746. The molecular formula is C25H42N4OS. The van der Waals surface area contributed by atoms with E-state index in [1.54, 1.807) is 22.8 Å². The second kappa shape index (κ2) is 16.1. The molecule has 0 amide bonds. The number of thioether (sulfide) groups is 1. The predicted octanol–water partition coefficient (Wildman–Crippen LogP) is 7.50. The van der Waals surface area contributed by atoms with Crippen LogP contribution in [0.1, 0.15) is 96.8 Å². The number of rotatable bonds is 19. The Morgan fingerprint density at radius 3 is 2.03 bits per heavy atom. The predicted molar refractivity (Wildman–Crippen MR) is 133 cm³/mol. The molecule has 0 N–H and O–H groups in total. The Labute approximate surface area is 193 Å². The maximum absolute atomic E-state index is 6.04. The van der Waals surface area contributed by atoms with Crippen LogP contribution in [0, 0.1) is 0 Å². The van der Waals surface area contributed by atoms with Crippen molar-refractivity contribution in [3.8, 4) is 5.88 Å². The first-order valence-electron chi connectivity index (χ1n) is 12.3. The third kappa shape index (κ3) is 9.63. The lowest BCUT2D eigenvalue weighted by Crippen LogP contribution is -2.02. The topological polar surface area (TPSA) is 52.8 Å². The van der Waals surface area contributed by atoms with Crippen LogP contribution in [0.25, 0.3) is 11.0 Å². The molecule has 0 aliphatic rings.